The maximum Gasteiger partial charge on any atom is 0.233 e. The molecule has 8 nitrogen and oxygen atoms in total. The van der Waals surface area contributed by atoms with Crippen LogP contribution in [-0.2, 0) is 0 Å². The SMILES string of the molecule is CCN1CCCCC1CN(CC1CCCCC1)c1nc(N)nc(Nc2ccc(OC)c(F)c2)n1. The van der Waals surface area contributed by atoms with E-state index in [0.717, 1.165) is 26.2 Å². The van der Waals surface area contributed by atoms with E-state index < -0.39 is 5.82 Å². The van der Waals surface area contributed by atoms with Gasteiger partial charge in [-0.05, 0) is 56.8 Å². The number of nitrogen functional groups attached to an aromatic ring is 1. The number of ether oxygens (including phenoxy) is 1. The van der Waals surface area contributed by atoms with Gasteiger partial charge in [0.15, 0.2) is 11.6 Å². The number of rotatable bonds is 9. The van der Waals surface area contributed by atoms with Gasteiger partial charge in [-0.25, -0.2) is 4.39 Å². The highest BCUT2D eigenvalue weighted by atomic mass is 19.1. The van der Waals surface area contributed by atoms with Crippen LogP contribution in [0.15, 0.2) is 18.2 Å². The molecule has 0 radical (unpaired) electrons. The molecule has 9 heteroatoms. The molecule has 0 spiro atoms. The minimum Gasteiger partial charge on any atom is -0.494 e. The Hall–Kier alpha value is -2.68. The van der Waals surface area contributed by atoms with E-state index in [1.165, 1.54) is 64.5 Å². The number of piperidine rings is 1. The molecule has 1 unspecified atom stereocenters. The number of benzene rings is 1. The van der Waals surface area contributed by atoms with Crippen molar-refractivity contribution in [3.05, 3.63) is 24.0 Å². The molecule has 1 saturated carbocycles. The van der Waals surface area contributed by atoms with E-state index >= 15 is 0 Å². The number of methoxy groups -OCH3 is 1. The van der Waals surface area contributed by atoms with Gasteiger partial charge in [-0.15, -0.1) is 0 Å². The molecule has 2 fully saturated rings. The zero-order valence-corrected chi connectivity index (χ0v) is 20.5. The van der Waals surface area contributed by atoms with Crippen molar-refractivity contribution in [1.29, 1.82) is 0 Å². The first-order valence-electron chi connectivity index (χ1n) is 12.7. The molecule has 2 aromatic rings. The van der Waals surface area contributed by atoms with Crippen molar-refractivity contribution in [3.63, 3.8) is 0 Å². The fourth-order valence-corrected chi connectivity index (χ4v) is 5.31. The smallest absolute Gasteiger partial charge is 0.233 e. The lowest BCUT2D eigenvalue weighted by molar-refractivity contribution is 0.157. The normalized spacial score (nSPS) is 19.7. The summed E-state index contributed by atoms with van der Waals surface area (Å²) in [5, 5.41) is 3.08. The van der Waals surface area contributed by atoms with Gasteiger partial charge < -0.3 is 20.7 Å². The van der Waals surface area contributed by atoms with Crippen molar-refractivity contribution in [2.75, 3.05) is 49.2 Å². The van der Waals surface area contributed by atoms with E-state index in [1.54, 1.807) is 12.1 Å². The van der Waals surface area contributed by atoms with Crippen LogP contribution in [0.4, 0.5) is 27.9 Å². The van der Waals surface area contributed by atoms with E-state index in [0.29, 0.717) is 29.5 Å². The van der Waals surface area contributed by atoms with Crippen molar-refractivity contribution in [2.24, 2.45) is 5.92 Å². The summed E-state index contributed by atoms with van der Waals surface area (Å²) in [6.07, 6.45) is 10.1. The van der Waals surface area contributed by atoms with Gasteiger partial charge >= 0.3 is 0 Å². The van der Waals surface area contributed by atoms with Crippen molar-refractivity contribution in [3.8, 4) is 5.75 Å². The van der Waals surface area contributed by atoms with Crippen LogP contribution in [-0.4, -0.2) is 59.2 Å². The molecule has 2 heterocycles. The van der Waals surface area contributed by atoms with Crippen LogP contribution in [0.25, 0.3) is 0 Å². The minimum atomic E-state index is -0.453. The summed E-state index contributed by atoms with van der Waals surface area (Å²) in [7, 11) is 1.44. The summed E-state index contributed by atoms with van der Waals surface area (Å²) in [5.41, 5.74) is 6.64. The number of nitrogens with two attached hydrogens (primary N) is 1. The van der Waals surface area contributed by atoms with Gasteiger partial charge in [-0.1, -0.05) is 32.6 Å². The van der Waals surface area contributed by atoms with Gasteiger partial charge in [0, 0.05) is 30.9 Å². The summed E-state index contributed by atoms with van der Waals surface area (Å²) in [5.74, 6) is 1.44. The third-order valence-corrected chi connectivity index (χ3v) is 7.12. The van der Waals surface area contributed by atoms with Crippen LogP contribution in [0.3, 0.4) is 0 Å². The quantitative estimate of drug-likeness (QED) is 0.548. The van der Waals surface area contributed by atoms with Crippen molar-refractivity contribution in [1.82, 2.24) is 19.9 Å². The van der Waals surface area contributed by atoms with Crippen LogP contribution in [0.2, 0.25) is 0 Å². The maximum atomic E-state index is 14.2. The number of hydrogen-bond donors (Lipinski definition) is 2. The highest BCUT2D eigenvalue weighted by molar-refractivity contribution is 5.57. The van der Waals surface area contributed by atoms with Crippen LogP contribution < -0.4 is 20.7 Å². The maximum absolute atomic E-state index is 14.2. The van der Waals surface area contributed by atoms with Gasteiger partial charge in [0.25, 0.3) is 0 Å². The first-order valence-corrected chi connectivity index (χ1v) is 12.7. The standard InChI is InChI=1S/C25H38FN7O/c1-3-32-14-8-7-11-20(32)17-33(16-18-9-5-4-6-10-18)25-30-23(27)29-24(31-25)28-19-12-13-22(34-2)21(26)15-19/h12-13,15,18,20H,3-11,14,16-17H2,1-2H3,(H3,27,28,29,30,31). The van der Waals surface area contributed by atoms with E-state index in [4.69, 9.17) is 15.5 Å². The second kappa shape index (κ2) is 11.6. The number of likely N-dealkylation sites (tertiary alicyclic amines) is 1. The Labute approximate surface area is 202 Å². The number of nitrogens with one attached hydrogen (secondary N) is 1. The number of halogens is 1. The highest BCUT2D eigenvalue weighted by Crippen LogP contribution is 2.28. The van der Waals surface area contributed by atoms with E-state index in [-0.39, 0.29) is 11.7 Å². The Balaban J connectivity index is 1.57. The van der Waals surface area contributed by atoms with Gasteiger partial charge in [0.1, 0.15) is 0 Å². The number of aromatic nitrogens is 3. The minimum absolute atomic E-state index is 0.158. The van der Waals surface area contributed by atoms with Gasteiger partial charge in [0.2, 0.25) is 17.8 Å². The fraction of sp³-hybridized carbons (Fsp3) is 0.640. The predicted molar refractivity (Wildman–Crippen MR) is 134 cm³/mol. The summed E-state index contributed by atoms with van der Waals surface area (Å²) in [6, 6.07) is 5.13. The predicted octanol–water partition coefficient (Wildman–Crippen LogP) is 4.61. The Morgan fingerprint density at radius 2 is 1.88 bits per heavy atom. The lowest BCUT2D eigenvalue weighted by Crippen LogP contribution is -2.48. The zero-order chi connectivity index (χ0) is 23.9. The molecule has 1 aromatic carbocycles. The fourth-order valence-electron chi connectivity index (χ4n) is 5.31. The van der Waals surface area contributed by atoms with E-state index in [9.17, 15) is 4.39 Å². The molecule has 4 rings (SSSR count). The van der Waals surface area contributed by atoms with Crippen molar-refractivity contribution < 1.29 is 9.13 Å². The Bertz CT molecular complexity index is 937. The number of anilines is 4. The number of likely N-dealkylation sites (N-methyl/N-ethyl adjacent to an activating group) is 1. The molecule has 1 aliphatic carbocycles. The molecule has 3 N–H and O–H groups in total. The molecule has 34 heavy (non-hydrogen) atoms. The highest BCUT2D eigenvalue weighted by Gasteiger charge is 2.27. The molecule has 1 aromatic heterocycles. The lowest BCUT2D eigenvalue weighted by Gasteiger charge is -2.39. The summed E-state index contributed by atoms with van der Waals surface area (Å²) in [4.78, 5) is 18.4. The summed E-state index contributed by atoms with van der Waals surface area (Å²) >= 11 is 0. The van der Waals surface area contributed by atoms with Crippen LogP contribution >= 0.6 is 0 Å². The number of nitrogens with zero attached hydrogens (tertiary/aromatic N) is 5. The molecule has 1 saturated heterocycles. The molecule has 1 aliphatic heterocycles. The number of hydrogen-bond acceptors (Lipinski definition) is 8. The van der Waals surface area contributed by atoms with Crippen molar-refractivity contribution in [2.45, 2.75) is 64.3 Å². The Morgan fingerprint density at radius 3 is 2.62 bits per heavy atom. The molecular weight excluding hydrogens is 433 g/mol. The molecule has 0 amide bonds. The summed E-state index contributed by atoms with van der Waals surface area (Å²) < 4.78 is 19.2. The average molecular weight is 472 g/mol. The van der Waals surface area contributed by atoms with Gasteiger partial charge in [-0.2, -0.15) is 15.0 Å². The van der Waals surface area contributed by atoms with Crippen LogP contribution in [0.5, 0.6) is 5.75 Å². The van der Waals surface area contributed by atoms with Crippen LogP contribution in [0, 0.1) is 11.7 Å². The van der Waals surface area contributed by atoms with Gasteiger partial charge in [-0.3, -0.25) is 4.90 Å². The molecule has 2 aliphatic rings. The molecule has 1 atom stereocenters. The Kier molecular flexibility index (Phi) is 8.37. The average Bonchev–Trinajstić information content (AvgIpc) is 2.84. The first kappa shape index (κ1) is 24.4. The Morgan fingerprint density at radius 1 is 1.09 bits per heavy atom. The largest absolute Gasteiger partial charge is 0.494 e. The van der Waals surface area contributed by atoms with Gasteiger partial charge in [0.05, 0.1) is 7.11 Å². The monoisotopic (exact) mass is 471 g/mol. The molecular formula is C25H38FN7O. The van der Waals surface area contributed by atoms with Crippen molar-refractivity contribution >= 4 is 23.5 Å². The zero-order valence-electron chi connectivity index (χ0n) is 20.5. The molecule has 186 valence electrons. The first-order chi connectivity index (χ1) is 16.6. The summed E-state index contributed by atoms with van der Waals surface area (Å²) in [6.45, 7) is 6.24. The topological polar surface area (TPSA) is 92.4 Å². The lowest BCUT2D eigenvalue weighted by atomic mass is 9.88. The second-order valence-electron chi connectivity index (χ2n) is 9.48. The molecule has 0 bridgehead atoms. The van der Waals surface area contributed by atoms with Crippen LogP contribution in [0.1, 0.15) is 58.3 Å². The third kappa shape index (κ3) is 6.25. The third-order valence-electron chi connectivity index (χ3n) is 7.12. The second-order valence-corrected chi connectivity index (χ2v) is 9.48. The van der Waals surface area contributed by atoms with E-state index in [2.05, 4.69) is 32.0 Å². The van der Waals surface area contributed by atoms with E-state index in [1.807, 2.05) is 0 Å².